The van der Waals surface area contributed by atoms with Crippen LogP contribution in [0.3, 0.4) is 0 Å². The van der Waals surface area contributed by atoms with Crippen LogP contribution in [0.2, 0.25) is 0 Å². The molecule has 0 bridgehead atoms. The number of carbonyl (C=O) groups is 2. The lowest BCUT2D eigenvalue weighted by Gasteiger charge is -2.38. The number of rotatable bonds is 2. The first-order valence-electron chi connectivity index (χ1n) is 6.38. The maximum atomic E-state index is 12.0. The summed E-state index contributed by atoms with van der Waals surface area (Å²) in [5, 5.41) is 8.88. The minimum absolute atomic E-state index is 0.0965. The van der Waals surface area contributed by atoms with E-state index in [9.17, 15) is 9.59 Å². The van der Waals surface area contributed by atoms with Crippen LogP contribution in [0.5, 0.6) is 0 Å². The number of hydrogen-bond donors (Lipinski definition) is 1. The highest BCUT2D eigenvalue weighted by molar-refractivity contribution is 6.35. The van der Waals surface area contributed by atoms with Crippen LogP contribution in [-0.2, 0) is 9.59 Å². The summed E-state index contributed by atoms with van der Waals surface area (Å²) in [7, 11) is 0. The Balaban J connectivity index is 1.89. The van der Waals surface area contributed by atoms with Gasteiger partial charge in [0, 0.05) is 38.2 Å². The molecule has 1 atom stereocenters. The Morgan fingerprint density at radius 3 is 2.59 bits per heavy atom. The van der Waals surface area contributed by atoms with Crippen molar-refractivity contribution in [1.82, 2.24) is 9.80 Å². The van der Waals surface area contributed by atoms with Crippen LogP contribution < -0.4 is 0 Å². The Kier molecular flexibility index (Phi) is 3.66. The van der Waals surface area contributed by atoms with Crippen LogP contribution in [0.1, 0.15) is 26.2 Å². The van der Waals surface area contributed by atoms with Gasteiger partial charge in [0.2, 0.25) is 0 Å². The highest BCUT2D eigenvalue weighted by atomic mass is 16.3. The molecule has 2 aliphatic heterocycles. The maximum Gasteiger partial charge on any atom is 0.312 e. The Morgan fingerprint density at radius 2 is 2.00 bits per heavy atom. The summed E-state index contributed by atoms with van der Waals surface area (Å²) in [5.74, 6) is -0.590. The largest absolute Gasteiger partial charge is 0.396 e. The average molecular weight is 240 g/mol. The van der Waals surface area contributed by atoms with Gasteiger partial charge in [-0.25, -0.2) is 0 Å². The molecule has 0 spiro atoms. The van der Waals surface area contributed by atoms with Gasteiger partial charge in [0.1, 0.15) is 0 Å². The Labute approximate surface area is 101 Å². The third-order valence-electron chi connectivity index (χ3n) is 3.79. The highest BCUT2D eigenvalue weighted by Crippen LogP contribution is 2.22. The van der Waals surface area contributed by atoms with Crippen LogP contribution in [-0.4, -0.2) is 59.0 Å². The third-order valence-corrected chi connectivity index (χ3v) is 3.79. The van der Waals surface area contributed by atoms with Gasteiger partial charge in [0.15, 0.2) is 0 Å². The molecule has 0 aromatic carbocycles. The number of amides is 2. The molecule has 0 aliphatic carbocycles. The predicted molar refractivity (Wildman–Crippen MR) is 62.2 cm³/mol. The average Bonchev–Trinajstić information content (AvgIpc) is 2.74. The van der Waals surface area contributed by atoms with E-state index in [1.807, 2.05) is 6.92 Å². The molecule has 0 radical (unpaired) electrons. The fraction of sp³-hybridized carbons (Fsp3) is 0.833. The van der Waals surface area contributed by atoms with Gasteiger partial charge >= 0.3 is 11.8 Å². The van der Waals surface area contributed by atoms with Crippen molar-refractivity contribution in [2.75, 3.05) is 26.2 Å². The lowest BCUT2D eigenvalue weighted by molar-refractivity contribution is -0.156. The quantitative estimate of drug-likeness (QED) is 0.682. The van der Waals surface area contributed by atoms with Gasteiger partial charge in [-0.1, -0.05) is 6.92 Å². The molecule has 2 saturated heterocycles. The van der Waals surface area contributed by atoms with Crippen molar-refractivity contribution in [2.45, 2.75) is 32.2 Å². The zero-order valence-corrected chi connectivity index (χ0v) is 10.3. The molecule has 0 aromatic heterocycles. The van der Waals surface area contributed by atoms with Crippen LogP contribution in [0.4, 0.5) is 0 Å². The third kappa shape index (κ3) is 2.29. The van der Waals surface area contributed by atoms with Crippen molar-refractivity contribution in [3.63, 3.8) is 0 Å². The number of nitrogens with zero attached hydrogens (tertiary/aromatic N) is 2. The predicted octanol–water partition coefficient (Wildman–Crippen LogP) is -0.162. The molecule has 0 saturated carbocycles. The lowest BCUT2D eigenvalue weighted by Crippen LogP contribution is -2.56. The Hall–Kier alpha value is -1.10. The number of aliphatic hydroxyl groups excluding tert-OH is 1. The minimum atomic E-state index is -0.393. The molecule has 96 valence electrons. The fourth-order valence-corrected chi connectivity index (χ4v) is 2.64. The second-order valence-corrected chi connectivity index (χ2v) is 4.96. The van der Waals surface area contributed by atoms with Gasteiger partial charge in [-0.05, 0) is 19.3 Å². The van der Waals surface area contributed by atoms with E-state index in [0.29, 0.717) is 19.6 Å². The van der Waals surface area contributed by atoms with Gasteiger partial charge in [-0.3, -0.25) is 9.59 Å². The van der Waals surface area contributed by atoms with Crippen molar-refractivity contribution in [2.24, 2.45) is 5.92 Å². The SMILES string of the molecule is CC[C@H]1CCCN1C(=O)C(=O)N1CC(CO)C1. The zero-order chi connectivity index (χ0) is 12.4. The molecule has 2 aliphatic rings. The van der Waals surface area contributed by atoms with E-state index in [2.05, 4.69) is 0 Å². The van der Waals surface area contributed by atoms with Crippen molar-refractivity contribution >= 4 is 11.8 Å². The zero-order valence-electron chi connectivity index (χ0n) is 10.3. The van der Waals surface area contributed by atoms with E-state index in [1.165, 1.54) is 4.90 Å². The second kappa shape index (κ2) is 5.04. The highest BCUT2D eigenvalue weighted by Gasteiger charge is 2.38. The molecule has 2 amide bonds. The van der Waals surface area contributed by atoms with E-state index in [1.54, 1.807) is 4.90 Å². The van der Waals surface area contributed by atoms with Crippen LogP contribution in [0, 0.1) is 5.92 Å². The molecule has 2 heterocycles. The molecule has 17 heavy (non-hydrogen) atoms. The van der Waals surface area contributed by atoms with Crippen LogP contribution >= 0.6 is 0 Å². The molecule has 2 fully saturated rings. The lowest BCUT2D eigenvalue weighted by atomic mass is 10.0. The normalized spacial score (nSPS) is 24.9. The topological polar surface area (TPSA) is 60.9 Å². The monoisotopic (exact) mass is 240 g/mol. The molecule has 2 rings (SSSR count). The Morgan fingerprint density at radius 1 is 1.29 bits per heavy atom. The summed E-state index contributed by atoms with van der Waals surface area (Å²) in [6, 6.07) is 0.237. The number of aliphatic hydroxyl groups is 1. The summed E-state index contributed by atoms with van der Waals surface area (Å²) in [5.41, 5.74) is 0. The first-order valence-corrected chi connectivity index (χ1v) is 6.38. The number of hydrogen-bond acceptors (Lipinski definition) is 3. The molecule has 0 aromatic rings. The fourth-order valence-electron chi connectivity index (χ4n) is 2.64. The van der Waals surface area contributed by atoms with Crippen LogP contribution in [0.15, 0.2) is 0 Å². The summed E-state index contributed by atoms with van der Waals surface area (Å²) >= 11 is 0. The first kappa shape index (κ1) is 12.4. The minimum Gasteiger partial charge on any atom is -0.396 e. The van der Waals surface area contributed by atoms with Gasteiger partial charge in [0.05, 0.1) is 0 Å². The van der Waals surface area contributed by atoms with E-state index >= 15 is 0 Å². The smallest absolute Gasteiger partial charge is 0.312 e. The summed E-state index contributed by atoms with van der Waals surface area (Å²) in [6.07, 6.45) is 2.92. The van der Waals surface area contributed by atoms with E-state index in [-0.39, 0.29) is 24.5 Å². The number of carbonyl (C=O) groups excluding carboxylic acids is 2. The standard InChI is InChI=1S/C12H20N2O3/c1-2-10-4-3-5-14(10)12(17)11(16)13-6-9(7-13)8-15/h9-10,15H,2-8H2,1H3/t10-/m0/s1. The van der Waals surface area contributed by atoms with Crippen LogP contribution in [0.25, 0.3) is 0 Å². The molecule has 5 heteroatoms. The molecule has 1 N–H and O–H groups in total. The molecule has 0 unspecified atom stereocenters. The Bertz CT molecular complexity index is 313. The van der Waals surface area contributed by atoms with Crippen molar-refractivity contribution in [3.05, 3.63) is 0 Å². The van der Waals surface area contributed by atoms with E-state index < -0.39 is 5.91 Å². The maximum absolute atomic E-state index is 12.0. The van der Waals surface area contributed by atoms with Gasteiger partial charge in [0.25, 0.3) is 0 Å². The van der Waals surface area contributed by atoms with E-state index in [4.69, 9.17) is 5.11 Å². The first-order chi connectivity index (χ1) is 8.17. The van der Waals surface area contributed by atoms with Crippen molar-refractivity contribution in [1.29, 1.82) is 0 Å². The molecule has 5 nitrogen and oxygen atoms in total. The van der Waals surface area contributed by atoms with Gasteiger partial charge in [-0.2, -0.15) is 0 Å². The molecular formula is C12H20N2O3. The molecular weight excluding hydrogens is 220 g/mol. The summed E-state index contributed by atoms with van der Waals surface area (Å²) in [6.45, 7) is 3.89. The van der Waals surface area contributed by atoms with Crippen molar-refractivity contribution < 1.29 is 14.7 Å². The second-order valence-electron chi connectivity index (χ2n) is 4.96. The van der Waals surface area contributed by atoms with E-state index in [0.717, 1.165) is 19.3 Å². The number of likely N-dealkylation sites (tertiary alicyclic amines) is 2. The van der Waals surface area contributed by atoms with Gasteiger partial charge in [-0.15, -0.1) is 0 Å². The summed E-state index contributed by atoms with van der Waals surface area (Å²) < 4.78 is 0. The van der Waals surface area contributed by atoms with Crippen molar-refractivity contribution in [3.8, 4) is 0 Å². The van der Waals surface area contributed by atoms with Gasteiger partial charge < -0.3 is 14.9 Å². The summed E-state index contributed by atoms with van der Waals surface area (Å²) in [4.78, 5) is 27.2.